The highest BCUT2D eigenvalue weighted by molar-refractivity contribution is 7.03. The smallest absolute Gasteiger partial charge is 0.276 e. The number of nitrogens with one attached hydrogen (secondary N) is 1. The van der Waals surface area contributed by atoms with Crippen LogP contribution in [-0.2, 0) is 6.42 Å². The average molecular weight is 374 g/mol. The van der Waals surface area contributed by atoms with E-state index in [1.54, 1.807) is 5.38 Å². The van der Waals surface area contributed by atoms with Crippen LogP contribution >= 0.6 is 11.5 Å². The molecule has 1 amide bonds. The monoisotopic (exact) mass is 374 g/mol. The number of aromatic amines is 1. The number of carbonyl (C=O) groups excluding carboxylic acids is 1. The van der Waals surface area contributed by atoms with Gasteiger partial charge in [-0.1, -0.05) is 47.0 Å². The zero-order valence-corrected chi connectivity index (χ0v) is 15.7. The number of fused-ring (bicyclic) bond motifs is 3. The maximum atomic E-state index is 13.2. The Hall–Kier alpha value is -2.99. The lowest BCUT2D eigenvalue weighted by molar-refractivity contribution is 0.0685. The number of rotatable bonds is 2. The number of benzene rings is 2. The largest absolute Gasteiger partial charge is 0.356 e. The molecule has 2 aromatic carbocycles. The third kappa shape index (κ3) is 2.56. The summed E-state index contributed by atoms with van der Waals surface area (Å²) in [6.07, 6.45) is 0.824. The van der Waals surface area contributed by atoms with E-state index in [0.29, 0.717) is 12.2 Å². The molecule has 134 valence electrons. The van der Waals surface area contributed by atoms with Gasteiger partial charge in [0.15, 0.2) is 5.69 Å². The van der Waals surface area contributed by atoms with E-state index in [1.165, 1.54) is 28.0 Å². The van der Waals surface area contributed by atoms with Gasteiger partial charge in [-0.05, 0) is 47.6 Å². The van der Waals surface area contributed by atoms with Gasteiger partial charge in [-0.3, -0.25) is 4.79 Å². The molecule has 0 saturated carbocycles. The number of para-hydroxylation sites is 1. The fourth-order valence-electron chi connectivity index (χ4n) is 4.08. The van der Waals surface area contributed by atoms with Crippen molar-refractivity contribution >= 4 is 28.3 Å². The Morgan fingerprint density at radius 2 is 2.00 bits per heavy atom. The molecule has 4 aromatic rings. The van der Waals surface area contributed by atoms with E-state index in [1.807, 2.05) is 23.1 Å². The van der Waals surface area contributed by atoms with Gasteiger partial charge in [-0.15, -0.1) is 5.10 Å². The lowest BCUT2D eigenvalue weighted by atomic mass is 9.90. The number of carbonyl (C=O) groups is 1. The highest BCUT2D eigenvalue weighted by Gasteiger charge is 2.36. The van der Waals surface area contributed by atoms with Crippen molar-refractivity contribution < 1.29 is 4.79 Å². The molecule has 0 spiro atoms. The molecule has 1 aliphatic rings. The highest BCUT2D eigenvalue weighted by atomic mass is 32.1. The molecule has 1 N–H and O–H groups in total. The van der Waals surface area contributed by atoms with Crippen LogP contribution in [0.3, 0.4) is 0 Å². The Morgan fingerprint density at radius 1 is 1.19 bits per heavy atom. The fourth-order valence-corrected chi connectivity index (χ4v) is 4.51. The third-order valence-corrected chi connectivity index (χ3v) is 5.86. The molecular weight excluding hydrogens is 356 g/mol. The Morgan fingerprint density at radius 3 is 2.81 bits per heavy atom. The number of hydrogen-bond acceptors (Lipinski definition) is 4. The maximum Gasteiger partial charge on any atom is 0.276 e. The first-order valence-corrected chi connectivity index (χ1v) is 9.80. The summed E-state index contributed by atoms with van der Waals surface area (Å²) in [6, 6.07) is 16.5. The summed E-state index contributed by atoms with van der Waals surface area (Å²) in [6.45, 7) is 2.75. The second-order valence-corrected chi connectivity index (χ2v) is 7.47. The van der Waals surface area contributed by atoms with Crippen LogP contribution in [0.25, 0.3) is 10.9 Å². The van der Waals surface area contributed by atoms with Crippen molar-refractivity contribution in [3.8, 4) is 0 Å². The molecule has 0 radical (unpaired) electrons. The molecule has 0 saturated heterocycles. The van der Waals surface area contributed by atoms with Gasteiger partial charge in [0.25, 0.3) is 5.91 Å². The number of aryl methyl sites for hydroxylation is 1. The molecule has 5 rings (SSSR count). The molecule has 27 heavy (non-hydrogen) atoms. The van der Waals surface area contributed by atoms with Crippen molar-refractivity contribution in [1.82, 2.24) is 19.5 Å². The summed E-state index contributed by atoms with van der Waals surface area (Å²) < 4.78 is 3.87. The topological polar surface area (TPSA) is 61.9 Å². The van der Waals surface area contributed by atoms with Crippen LogP contribution in [0.15, 0.2) is 53.9 Å². The summed E-state index contributed by atoms with van der Waals surface area (Å²) in [5.74, 6) is -0.0682. The molecule has 1 atom stereocenters. The van der Waals surface area contributed by atoms with Gasteiger partial charge in [0, 0.05) is 28.5 Å². The Labute approximate surface area is 160 Å². The minimum Gasteiger partial charge on any atom is -0.356 e. The first kappa shape index (κ1) is 16.2. The maximum absolute atomic E-state index is 13.2. The number of aromatic nitrogens is 3. The van der Waals surface area contributed by atoms with Crippen molar-refractivity contribution in [1.29, 1.82) is 0 Å². The van der Waals surface area contributed by atoms with Crippen LogP contribution in [0.2, 0.25) is 0 Å². The summed E-state index contributed by atoms with van der Waals surface area (Å²) >= 11 is 1.21. The number of H-pyrrole nitrogens is 1. The van der Waals surface area contributed by atoms with E-state index in [0.717, 1.165) is 23.2 Å². The minimum atomic E-state index is -0.156. The van der Waals surface area contributed by atoms with Gasteiger partial charge in [-0.2, -0.15) is 0 Å². The van der Waals surface area contributed by atoms with Crippen molar-refractivity contribution in [3.63, 3.8) is 0 Å². The summed E-state index contributed by atoms with van der Waals surface area (Å²) in [4.78, 5) is 18.7. The molecule has 0 fully saturated rings. The first-order valence-electron chi connectivity index (χ1n) is 8.97. The van der Waals surface area contributed by atoms with Gasteiger partial charge in [0.05, 0.1) is 6.04 Å². The van der Waals surface area contributed by atoms with Crippen LogP contribution < -0.4 is 0 Å². The van der Waals surface area contributed by atoms with Gasteiger partial charge in [-0.25, -0.2) is 0 Å². The van der Waals surface area contributed by atoms with Crippen LogP contribution in [0.4, 0.5) is 0 Å². The van der Waals surface area contributed by atoms with Crippen molar-refractivity contribution in [2.45, 2.75) is 19.4 Å². The number of amides is 1. The van der Waals surface area contributed by atoms with Crippen LogP contribution in [0, 0.1) is 6.92 Å². The van der Waals surface area contributed by atoms with Crippen molar-refractivity contribution in [2.75, 3.05) is 6.54 Å². The third-order valence-electron chi connectivity index (χ3n) is 5.36. The Balaban J connectivity index is 1.71. The second kappa shape index (κ2) is 6.32. The lowest BCUT2D eigenvalue weighted by Gasteiger charge is -2.36. The molecule has 0 bridgehead atoms. The van der Waals surface area contributed by atoms with E-state index in [-0.39, 0.29) is 11.9 Å². The number of nitrogens with zero attached hydrogens (tertiary/aromatic N) is 3. The molecule has 2 aromatic heterocycles. The molecule has 5 nitrogen and oxygen atoms in total. The van der Waals surface area contributed by atoms with E-state index in [9.17, 15) is 4.79 Å². The van der Waals surface area contributed by atoms with Gasteiger partial charge < -0.3 is 9.88 Å². The highest BCUT2D eigenvalue weighted by Crippen LogP contribution is 2.39. The van der Waals surface area contributed by atoms with E-state index in [2.05, 4.69) is 51.8 Å². The molecule has 1 aliphatic heterocycles. The molecule has 3 heterocycles. The summed E-state index contributed by atoms with van der Waals surface area (Å²) in [7, 11) is 0. The fraction of sp³-hybridized carbons (Fsp3) is 0.190. The predicted octanol–water partition coefficient (Wildman–Crippen LogP) is 4.12. The zero-order chi connectivity index (χ0) is 18.4. The van der Waals surface area contributed by atoms with Crippen LogP contribution in [0.5, 0.6) is 0 Å². The molecular formula is C21H18N4OS. The lowest BCUT2D eigenvalue weighted by Crippen LogP contribution is -2.41. The number of hydrogen-bond donors (Lipinski definition) is 1. The SMILES string of the molecule is Cc1ccccc1C1c2[nH]c3ccccc3c2CCN1C(=O)c1csnn1. The van der Waals surface area contributed by atoms with Crippen molar-refractivity contribution in [2.24, 2.45) is 0 Å². The zero-order valence-electron chi connectivity index (χ0n) is 14.8. The van der Waals surface area contributed by atoms with E-state index >= 15 is 0 Å². The second-order valence-electron chi connectivity index (χ2n) is 6.86. The first-order chi connectivity index (χ1) is 13.2. The minimum absolute atomic E-state index is 0.0682. The average Bonchev–Trinajstić information content (AvgIpc) is 3.35. The molecule has 0 aliphatic carbocycles. The van der Waals surface area contributed by atoms with Gasteiger partial charge >= 0.3 is 0 Å². The standard InChI is InChI=1S/C21H18N4OS/c1-13-6-2-3-7-14(13)20-19-16(15-8-4-5-9-17(15)22-19)10-11-25(20)21(26)18-12-27-24-23-18/h2-9,12,20,22H,10-11H2,1H3. The molecule has 6 heteroatoms. The predicted molar refractivity (Wildman–Crippen MR) is 106 cm³/mol. The molecule has 1 unspecified atom stereocenters. The Bertz CT molecular complexity index is 1130. The van der Waals surface area contributed by atoms with Crippen LogP contribution in [-0.4, -0.2) is 31.9 Å². The summed E-state index contributed by atoms with van der Waals surface area (Å²) in [5.41, 5.74) is 6.25. The summed E-state index contributed by atoms with van der Waals surface area (Å²) in [5, 5.41) is 6.97. The van der Waals surface area contributed by atoms with Crippen molar-refractivity contribution in [3.05, 3.63) is 82.0 Å². The Kier molecular flexibility index (Phi) is 3.79. The van der Waals surface area contributed by atoms with Gasteiger partial charge in [0.1, 0.15) is 0 Å². The normalized spacial score (nSPS) is 16.5. The van der Waals surface area contributed by atoms with E-state index in [4.69, 9.17) is 0 Å². The van der Waals surface area contributed by atoms with E-state index < -0.39 is 0 Å². The van der Waals surface area contributed by atoms with Crippen LogP contribution in [0.1, 0.15) is 38.9 Å². The van der Waals surface area contributed by atoms with Gasteiger partial charge in [0.2, 0.25) is 0 Å². The quantitative estimate of drug-likeness (QED) is 0.574.